The average Bonchev–Trinajstić information content (AvgIpc) is 2.03. The van der Waals surface area contributed by atoms with Crippen molar-refractivity contribution in [2.24, 2.45) is 0 Å². The van der Waals surface area contributed by atoms with Crippen LogP contribution in [0.25, 0.3) is 0 Å². The summed E-state index contributed by atoms with van der Waals surface area (Å²) in [6, 6.07) is 2.89. The highest BCUT2D eigenvalue weighted by atomic mass is 32.2. The zero-order chi connectivity index (χ0) is 9.14. The lowest BCUT2D eigenvalue weighted by atomic mass is 10.3. The first-order chi connectivity index (χ1) is 5.66. The van der Waals surface area contributed by atoms with Crippen molar-refractivity contribution in [2.75, 3.05) is 6.26 Å². The summed E-state index contributed by atoms with van der Waals surface area (Å²) in [4.78, 5) is 10.4. The number of hydrogen-bond acceptors (Lipinski definition) is 3. The highest BCUT2D eigenvalue weighted by Crippen LogP contribution is 2.07. The van der Waals surface area contributed by atoms with Gasteiger partial charge in [-0.15, -0.1) is 4.73 Å². The predicted octanol–water partition coefficient (Wildman–Crippen LogP) is -0.130. The molecule has 1 rings (SSSR count). The van der Waals surface area contributed by atoms with Crippen molar-refractivity contribution in [2.45, 2.75) is 5.03 Å². The molecule has 1 heterocycles. The Morgan fingerprint density at radius 2 is 2.33 bits per heavy atom. The summed E-state index contributed by atoms with van der Waals surface area (Å²) in [5.74, 6) is 0. The number of pyridine rings is 1. The zero-order valence-corrected chi connectivity index (χ0v) is 7.21. The zero-order valence-electron chi connectivity index (χ0n) is 6.39. The number of hydrogen-bond donors (Lipinski definition) is 0. The first kappa shape index (κ1) is 9.02. The van der Waals surface area contributed by atoms with Gasteiger partial charge in [-0.25, -0.2) is 0 Å². The molecule has 0 bridgehead atoms. The predicted molar refractivity (Wildman–Crippen MR) is 43.1 cm³/mol. The Morgan fingerprint density at radius 3 is 2.75 bits per heavy atom. The van der Waals surface area contributed by atoms with E-state index in [2.05, 4.69) is 0 Å². The van der Waals surface area contributed by atoms with E-state index in [1.807, 2.05) is 0 Å². The molecule has 0 amide bonds. The molecule has 12 heavy (non-hydrogen) atoms. The first-order valence-corrected chi connectivity index (χ1v) is 4.73. The molecule has 0 radical (unpaired) electrons. The van der Waals surface area contributed by atoms with Crippen molar-refractivity contribution >= 4 is 17.5 Å². The molecule has 0 saturated carbocycles. The quantitative estimate of drug-likeness (QED) is 0.279. The molecule has 0 spiro atoms. The van der Waals surface area contributed by atoms with Gasteiger partial charge in [0.25, 0.3) is 0 Å². The number of aldehydes is 1. The second kappa shape index (κ2) is 3.55. The molecule has 0 aliphatic carbocycles. The molecule has 0 N–H and O–H groups in total. The molecule has 0 aromatic carbocycles. The van der Waals surface area contributed by atoms with Gasteiger partial charge in [-0.2, -0.15) is 0 Å². The molecule has 1 unspecified atom stereocenters. The van der Waals surface area contributed by atoms with E-state index in [0.717, 1.165) is 0 Å². The molecule has 0 aliphatic rings. The van der Waals surface area contributed by atoms with E-state index in [1.165, 1.54) is 24.6 Å². The average molecular weight is 185 g/mol. The maximum absolute atomic E-state index is 11.0. The molecule has 1 atom stereocenters. The van der Waals surface area contributed by atoms with Crippen molar-refractivity contribution in [3.8, 4) is 0 Å². The standard InChI is InChI=1S/C7H7NO3S/c1-12(11)7-6(5-9)3-2-4-8(7)10/h2-5H,1H3. The molecule has 1 aromatic rings. The van der Waals surface area contributed by atoms with Crippen LogP contribution in [0.4, 0.5) is 0 Å². The topological polar surface area (TPSA) is 67.1 Å². The molecule has 4 nitrogen and oxygen atoms in total. The van der Waals surface area contributed by atoms with E-state index in [9.17, 15) is 14.6 Å². The highest BCUT2D eigenvalue weighted by molar-refractivity contribution is 7.90. The van der Waals surface area contributed by atoms with Crippen molar-refractivity contribution in [3.63, 3.8) is 0 Å². The third-order valence-electron chi connectivity index (χ3n) is 1.34. The molecule has 1 aromatic heterocycles. The Balaban J connectivity index is 3.29. The van der Waals surface area contributed by atoms with Gasteiger partial charge in [0.05, 0.1) is 11.2 Å². The van der Waals surface area contributed by atoms with Crippen LogP contribution >= 0.6 is 0 Å². The van der Waals surface area contributed by atoms with Crippen LogP contribution < -0.4 is 4.73 Å². The van der Waals surface area contributed by atoms with Gasteiger partial charge in [-0.05, 0) is 6.07 Å². The van der Waals surface area contributed by atoms with Crippen molar-refractivity contribution in [1.82, 2.24) is 0 Å². The van der Waals surface area contributed by atoms with Gasteiger partial charge in [-0.1, -0.05) is 0 Å². The number of aromatic nitrogens is 1. The van der Waals surface area contributed by atoms with Gasteiger partial charge < -0.3 is 9.76 Å². The van der Waals surface area contributed by atoms with Crippen LogP contribution in [-0.4, -0.2) is 17.1 Å². The van der Waals surface area contributed by atoms with E-state index in [4.69, 9.17) is 0 Å². The molecular weight excluding hydrogens is 178 g/mol. The normalized spacial score (nSPS) is 12.5. The monoisotopic (exact) mass is 185 g/mol. The lowest BCUT2D eigenvalue weighted by molar-refractivity contribution is -0.646. The maximum Gasteiger partial charge on any atom is 0.403 e. The summed E-state index contributed by atoms with van der Waals surface area (Å²) >= 11 is -1.43. The summed E-state index contributed by atoms with van der Waals surface area (Å²) in [7, 11) is 0. The van der Waals surface area contributed by atoms with Gasteiger partial charge >= 0.3 is 5.03 Å². The maximum atomic E-state index is 11.0. The number of carbonyl (C=O) groups is 1. The molecule has 0 aliphatic heterocycles. The lowest BCUT2D eigenvalue weighted by Gasteiger charge is -2.05. The molecule has 64 valence electrons. The number of nitrogens with zero attached hydrogens (tertiary/aromatic N) is 1. The first-order valence-electron chi connectivity index (χ1n) is 3.17. The third kappa shape index (κ3) is 1.57. The fraction of sp³-hybridized carbons (Fsp3) is 0.143. The van der Waals surface area contributed by atoms with Gasteiger partial charge in [0.2, 0.25) is 0 Å². The van der Waals surface area contributed by atoms with Gasteiger partial charge in [-0.3, -0.25) is 4.79 Å². The molecular formula is C7H7NO3S. The summed E-state index contributed by atoms with van der Waals surface area (Å²) < 4.78 is 11.4. The number of rotatable bonds is 2. The fourth-order valence-electron chi connectivity index (χ4n) is 0.873. The summed E-state index contributed by atoms with van der Waals surface area (Å²) in [6.45, 7) is 0. The van der Waals surface area contributed by atoms with Crippen LogP contribution in [0.15, 0.2) is 23.4 Å². The van der Waals surface area contributed by atoms with Crippen molar-refractivity contribution in [3.05, 3.63) is 29.1 Å². The van der Waals surface area contributed by atoms with E-state index in [-0.39, 0.29) is 10.6 Å². The highest BCUT2D eigenvalue weighted by Gasteiger charge is 2.21. The van der Waals surface area contributed by atoms with E-state index in [0.29, 0.717) is 11.0 Å². The Bertz CT molecular complexity index is 301. The third-order valence-corrected chi connectivity index (χ3v) is 2.30. The Labute approximate surface area is 72.6 Å². The lowest BCUT2D eigenvalue weighted by Crippen LogP contribution is -2.34. The van der Waals surface area contributed by atoms with Crippen LogP contribution in [0, 0.1) is 5.21 Å². The summed E-state index contributed by atoms with van der Waals surface area (Å²) in [5.41, 5.74) is 0.174. The van der Waals surface area contributed by atoms with Gasteiger partial charge in [0, 0.05) is 6.07 Å². The fourth-order valence-corrected chi connectivity index (χ4v) is 1.64. The van der Waals surface area contributed by atoms with Crippen LogP contribution in [0.5, 0.6) is 0 Å². The largest absolute Gasteiger partial charge is 0.615 e. The smallest absolute Gasteiger partial charge is 0.403 e. The van der Waals surface area contributed by atoms with E-state index in [1.54, 1.807) is 0 Å². The SMILES string of the molecule is C[S+]([O-])c1c(C=O)ccc[n+]1[O-]. The summed E-state index contributed by atoms with van der Waals surface area (Å²) in [5, 5.41) is 11.0. The molecule has 0 fully saturated rings. The van der Waals surface area contributed by atoms with Gasteiger partial charge in [0.15, 0.2) is 12.5 Å². The van der Waals surface area contributed by atoms with Crippen LogP contribution in [0.1, 0.15) is 10.4 Å². The Hall–Kier alpha value is -1.07. The van der Waals surface area contributed by atoms with Crippen LogP contribution in [0.2, 0.25) is 0 Å². The van der Waals surface area contributed by atoms with Crippen LogP contribution in [0.3, 0.4) is 0 Å². The minimum Gasteiger partial charge on any atom is -0.615 e. The van der Waals surface area contributed by atoms with E-state index < -0.39 is 11.2 Å². The molecule has 5 heteroatoms. The van der Waals surface area contributed by atoms with Crippen molar-refractivity contribution < 1.29 is 14.1 Å². The van der Waals surface area contributed by atoms with Gasteiger partial charge in [0.1, 0.15) is 11.8 Å². The second-order valence-corrected chi connectivity index (χ2v) is 3.46. The van der Waals surface area contributed by atoms with E-state index >= 15 is 0 Å². The minimum absolute atomic E-state index is 0.00694. The molecule has 0 saturated heterocycles. The van der Waals surface area contributed by atoms with Crippen molar-refractivity contribution in [1.29, 1.82) is 0 Å². The minimum atomic E-state index is -1.43. The Kier molecular flexibility index (Phi) is 2.67. The second-order valence-electron chi connectivity index (χ2n) is 2.17. The van der Waals surface area contributed by atoms with Crippen LogP contribution in [-0.2, 0) is 11.2 Å². The summed E-state index contributed by atoms with van der Waals surface area (Å²) in [6.07, 6.45) is 3.09. The Morgan fingerprint density at radius 1 is 1.67 bits per heavy atom. The number of carbonyl (C=O) groups excluding carboxylic acids is 1.